The van der Waals surface area contributed by atoms with Crippen LogP contribution >= 0.6 is 11.6 Å². The smallest absolute Gasteiger partial charge is 0.251 e. The number of likely N-dealkylation sites (tertiary alicyclic amines) is 1. The standard InChI is InChI=1S/C21H27ClN2O3/c1-2-5-20(25)24-12-10-17(11-13-24)27-19-9-8-15(14-18(19)22)21(26)23-16-6-3-4-7-16/h2,8-9,14,16-17H,1,3-7,10-13H2,(H,23,26). The summed E-state index contributed by atoms with van der Waals surface area (Å²) < 4.78 is 6.02. The van der Waals surface area contributed by atoms with Gasteiger partial charge in [0.1, 0.15) is 11.9 Å². The zero-order chi connectivity index (χ0) is 19.2. The molecule has 1 saturated carbocycles. The zero-order valence-corrected chi connectivity index (χ0v) is 16.3. The van der Waals surface area contributed by atoms with Crippen molar-refractivity contribution in [3.8, 4) is 5.75 Å². The molecular formula is C21H27ClN2O3. The number of amides is 2. The topological polar surface area (TPSA) is 58.6 Å². The predicted molar refractivity (Wildman–Crippen MR) is 106 cm³/mol. The molecule has 0 spiro atoms. The predicted octanol–water partition coefficient (Wildman–Crippen LogP) is 3.96. The Kier molecular flexibility index (Phi) is 6.78. The summed E-state index contributed by atoms with van der Waals surface area (Å²) in [5.41, 5.74) is 0.559. The van der Waals surface area contributed by atoms with Gasteiger partial charge in [0.05, 0.1) is 5.02 Å². The van der Waals surface area contributed by atoms with Crippen LogP contribution < -0.4 is 10.1 Å². The number of ether oxygens (including phenoxy) is 1. The lowest BCUT2D eigenvalue weighted by atomic mass is 10.1. The molecule has 1 aliphatic carbocycles. The number of rotatable bonds is 6. The number of carbonyl (C=O) groups excluding carboxylic acids is 2. The Labute approximate surface area is 165 Å². The Hall–Kier alpha value is -2.01. The summed E-state index contributed by atoms with van der Waals surface area (Å²) in [5, 5.41) is 3.51. The third-order valence-corrected chi connectivity index (χ3v) is 5.59. The van der Waals surface area contributed by atoms with E-state index in [1.54, 1.807) is 24.3 Å². The fourth-order valence-electron chi connectivity index (χ4n) is 3.73. The van der Waals surface area contributed by atoms with E-state index in [4.69, 9.17) is 16.3 Å². The van der Waals surface area contributed by atoms with E-state index in [-0.39, 0.29) is 24.0 Å². The first kappa shape index (κ1) is 19.7. The van der Waals surface area contributed by atoms with Crippen molar-refractivity contribution in [2.75, 3.05) is 13.1 Å². The van der Waals surface area contributed by atoms with E-state index in [9.17, 15) is 9.59 Å². The molecule has 1 aliphatic heterocycles. The minimum Gasteiger partial charge on any atom is -0.489 e. The van der Waals surface area contributed by atoms with Gasteiger partial charge in [-0.2, -0.15) is 0 Å². The van der Waals surface area contributed by atoms with Crippen molar-refractivity contribution in [2.45, 2.75) is 57.1 Å². The van der Waals surface area contributed by atoms with Gasteiger partial charge in [-0.05, 0) is 31.0 Å². The molecule has 0 bridgehead atoms. The fourth-order valence-corrected chi connectivity index (χ4v) is 3.96. The van der Waals surface area contributed by atoms with Crippen LogP contribution in [0.4, 0.5) is 0 Å². The molecule has 2 amide bonds. The van der Waals surface area contributed by atoms with Crippen LogP contribution in [-0.2, 0) is 4.79 Å². The quantitative estimate of drug-likeness (QED) is 0.748. The van der Waals surface area contributed by atoms with Crippen LogP contribution in [0.15, 0.2) is 30.9 Å². The van der Waals surface area contributed by atoms with E-state index in [1.165, 1.54) is 12.8 Å². The van der Waals surface area contributed by atoms with Crippen molar-refractivity contribution in [3.63, 3.8) is 0 Å². The highest BCUT2D eigenvalue weighted by molar-refractivity contribution is 6.32. The van der Waals surface area contributed by atoms with Crippen LogP contribution in [0.3, 0.4) is 0 Å². The van der Waals surface area contributed by atoms with Gasteiger partial charge in [0.15, 0.2) is 0 Å². The summed E-state index contributed by atoms with van der Waals surface area (Å²) >= 11 is 6.35. The number of nitrogens with one attached hydrogen (secondary N) is 1. The Morgan fingerprint density at radius 1 is 1.22 bits per heavy atom. The van der Waals surface area contributed by atoms with E-state index in [0.29, 0.717) is 35.8 Å². The molecule has 1 N–H and O–H groups in total. The molecular weight excluding hydrogens is 364 g/mol. The number of halogens is 1. The SMILES string of the molecule is C=CCC(=O)N1CCC(Oc2ccc(C(=O)NC3CCCC3)cc2Cl)CC1. The highest BCUT2D eigenvalue weighted by atomic mass is 35.5. The van der Waals surface area contributed by atoms with Crippen molar-refractivity contribution in [3.05, 3.63) is 41.4 Å². The second-order valence-corrected chi connectivity index (χ2v) is 7.70. The number of hydrogen-bond donors (Lipinski definition) is 1. The Balaban J connectivity index is 1.53. The van der Waals surface area contributed by atoms with E-state index in [2.05, 4.69) is 11.9 Å². The van der Waals surface area contributed by atoms with Crippen LogP contribution in [-0.4, -0.2) is 41.9 Å². The van der Waals surface area contributed by atoms with Crippen molar-refractivity contribution in [1.82, 2.24) is 10.2 Å². The lowest BCUT2D eigenvalue weighted by Crippen LogP contribution is -2.41. The lowest BCUT2D eigenvalue weighted by molar-refractivity contribution is -0.132. The van der Waals surface area contributed by atoms with E-state index < -0.39 is 0 Å². The zero-order valence-electron chi connectivity index (χ0n) is 15.6. The van der Waals surface area contributed by atoms with Crippen LogP contribution in [0.1, 0.15) is 55.3 Å². The molecule has 1 aromatic carbocycles. The molecule has 0 unspecified atom stereocenters. The van der Waals surface area contributed by atoms with Crippen LogP contribution in [0, 0.1) is 0 Å². The molecule has 27 heavy (non-hydrogen) atoms. The molecule has 0 aromatic heterocycles. The number of hydrogen-bond acceptors (Lipinski definition) is 3. The molecule has 6 heteroatoms. The third-order valence-electron chi connectivity index (χ3n) is 5.29. The van der Waals surface area contributed by atoms with Crippen LogP contribution in [0.2, 0.25) is 5.02 Å². The highest BCUT2D eigenvalue weighted by Gasteiger charge is 2.24. The maximum atomic E-state index is 12.4. The van der Waals surface area contributed by atoms with Gasteiger partial charge in [-0.25, -0.2) is 0 Å². The minimum atomic E-state index is -0.0793. The summed E-state index contributed by atoms with van der Waals surface area (Å²) in [6.45, 7) is 4.96. The Morgan fingerprint density at radius 2 is 1.93 bits per heavy atom. The first-order valence-electron chi connectivity index (χ1n) is 9.72. The van der Waals surface area contributed by atoms with Crippen molar-refractivity contribution < 1.29 is 14.3 Å². The van der Waals surface area contributed by atoms with Gasteiger partial charge >= 0.3 is 0 Å². The fraction of sp³-hybridized carbons (Fsp3) is 0.524. The minimum absolute atomic E-state index is 0.0217. The van der Waals surface area contributed by atoms with Gasteiger partial charge in [0, 0.05) is 44.0 Å². The number of piperidine rings is 1. The van der Waals surface area contributed by atoms with Gasteiger partial charge in [-0.3, -0.25) is 9.59 Å². The summed E-state index contributed by atoms with van der Waals surface area (Å²) in [7, 11) is 0. The average Bonchev–Trinajstić information content (AvgIpc) is 3.17. The number of benzene rings is 1. The van der Waals surface area contributed by atoms with E-state index in [1.807, 2.05) is 4.90 Å². The summed E-state index contributed by atoms with van der Waals surface area (Å²) in [6.07, 6.45) is 8.02. The monoisotopic (exact) mass is 390 g/mol. The molecule has 0 radical (unpaired) electrons. The van der Waals surface area contributed by atoms with Crippen LogP contribution in [0.25, 0.3) is 0 Å². The molecule has 1 saturated heterocycles. The third kappa shape index (κ3) is 5.25. The Bertz CT molecular complexity index is 693. The lowest BCUT2D eigenvalue weighted by Gasteiger charge is -2.32. The number of carbonyl (C=O) groups is 2. The van der Waals surface area contributed by atoms with E-state index in [0.717, 1.165) is 25.7 Å². The maximum absolute atomic E-state index is 12.4. The Morgan fingerprint density at radius 3 is 2.56 bits per heavy atom. The van der Waals surface area contributed by atoms with Gasteiger partial charge in [-0.15, -0.1) is 6.58 Å². The first-order chi connectivity index (χ1) is 13.1. The normalized spacial score (nSPS) is 18.3. The van der Waals surface area contributed by atoms with E-state index >= 15 is 0 Å². The summed E-state index contributed by atoms with van der Waals surface area (Å²) in [5.74, 6) is 0.619. The largest absolute Gasteiger partial charge is 0.489 e. The summed E-state index contributed by atoms with van der Waals surface area (Å²) in [4.78, 5) is 26.1. The van der Waals surface area contributed by atoms with Crippen molar-refractivity contribution >= 4 is 23.4 Å². The number of nitrogens with zero attached hydrogens (tertiary/aromatic N) is 1. The maximum Gasteiger partial charge on any atom is 0.251 e. The first-order valence-corrected chi connectivity index (χ1v) is 10.1. The van der Waals surface area contributed by atoms with Crippen molar-refractivity contribution in [1.29, 1.82) is 0 Å². The molecule has 0 atom stereocenters. The molecule has 2 aliphatic rings. The van der Waals surface area contributed by atoms with Crippen LogP contribution in [0.5, 0.6) is 5.75 Å². The molecule has 1 aromatic rings. The second-order valence-electron chi connectivity index (χ2n) is 7.29. The molecule has 3 rings (SSSR count). The van der Waals surface area contributed by atoms with Gasteiger partial charge in [-0.1, -0.05) is 30.5 Å². The van der Waals surface area contributed by atoms with Gasteiger partial charge in [0.25, 0.3) is 5.91 Å². The van der Waals surface area contributed by atoms with Gasteiger partial charge in [0.2, 0.25) is 5.91 Å². The summed E-state index contributed by atoms with van der Waals surface area (Å²) in [6, 6.07) is 5.47. The highest BCUT2D eigenvalue weighted by Crippen LogP contribution is 2.29. The molecule has 146 valence electrons. The second kappa shape index (κ2) is 9.27. The average molecular weight is 391 g/mol. The molecule has 5 nitrogen and oxygen atoms in total. The van der Waals surface area contributed by atoms with Gasteiger partial charge < -0.3 is 15.0 Å². The molecule has 2 fully saturated rings. The van der Waals surface area contributed by atoms with Crippen molar-refractivity contribution in [2.24, 2.45) is 0 Å². The molecule has 1 heterocycles.